The van der Waals surface area contributed by atoms with E-state index in [2.05, 4.69) is 15.6 Å². The maximum Gasteiger partial charge on any atom is 0.257 e. The van der Waals surface area contributed by atoms with E-state index in [1.165, 1.54) is 12.1 Å². The summed E-state index contributed by atoms with van der Waals surface area (Å²) in [5.74, 6) is 0.176. The van der Waals surface area contributed by atoms with E-state index in [0.29, 0.717) is 28.6 Å². The van der Waals surface area contributed by atoms with Crippen molar-refractivity contribution in [1.29, 1.82) is 0 Å². The molecule has 6 heteroatoms. The van der Waals surface area contributed by atoms with Crippen LogP contribution in [0.15, 0.2) is 66.9 Å². The number of halogens is 2. The summed E-state index contributed by atoms with van der Waals surface area (Å²) in [6.45, 7) is 0.671. The third kappa shape index (κ3) is 4.80. The number of hydrogen-bond acceptors (Lipinski definition) is 3. The highest BCUT2D eigenvalue weighted by Gasteiger charge is 2.09. The fourth-order valence-electron chi connectivity index (χ4n) is 2.40. The molecule has 0 spiro atoms. The van der Waals surface area contributed by atoms with Gasteiger partial charge in [0, 0.05) is 6.54 Å². The Morgan fingerprint density at radius 1 is 1.04 bits per heavy atom. The van der Waals surface area contributed by atoms with E-state index in [9.17, 15) is 9.18 Å². The van der Waals surface area contributed by atoms with Gasteiger partial charge < -0.3 is 10.6 Å². The minimum absolute atomic E-state index is 0.238. The molecule has 0 radical (unpaired) electrons. The molecular formula is C20H17ClFN3O. The number of rotatable bonds is 6. The van der Waals surface area contributed by atoms with Crippen LogP contribution in [0.3, 0.4) is 0 Å². The number of nitrogens with one attached hydrogen (secondary N) is 2. The van der Waals surface area contributed by atoms with Gasteiger partial charge in [-0.3, -0.25) is 4.79 Å². The van der Waals surface area contributed by atoms with Crippen molar-refractivity contribution in [3.05, 3.63) is 88.8 Å². The Balaban J connectivity index is 1.52. The van der Waals surface area contributed by atoms with Crippen LogP contribution >= 0.6 is 11.6 Å². The maximum atomic E-state index is 12.9. The van der Waals surface area contributed by atoms with Crippen molar-refractivity contribution in [2.45, 2.75) is 6.42 Å². The van der Waals surface area contributed by atoms with Crippen molar-refractivity contribution in [2.75, 3.05) is 17.2 Å². The third-order valence-electron chi connectivity index (χ3n) is 3.77. The van der Waals surface area contributed by atoms with Crippen LogP contribution in [0.25, 0.3) is 0 Å². The van der Waals surface area contributed by atoms with Gasteiger partial charge >= 0.3 is 0 Å². The molecule has 0 atom stereocenters. The van der Waals surface area contributed by atoms with Gasteiger partial charge in [0.25, 0.3) is 5.91 Å². The molecule has 1 aromatic heterocycles. The summed E-state index contributed by atoms with van der Waals surface area (Å²) < 4.78 is 12.9. The lowest BCUT2D eigenvalue weighted by atomic mass is 10.1. The average Bonchev–Trinajstić information content (AvgIpc) is 2.65. The molecule has 3 rings (SSSR count). The van der Waals surface area contributed by atoms with Crippen molar-refractivity contribution < 1.29 is 9.18 Å². The van der Waals surface area contributed by atoms with Crippen LogP contribution in [0.1, 0.15) is 15.9 Å². The maximum absolute atomic E-state index is 12.9. The van der Waals surface area contributed by atoms with Crippen LogP contribution in [0, 0.1) is 5.82 Å². The number of anilines is 2. The molecule has 0 aliphatic heterocycles. The SMILES string of the molecule is O=C(Nc1ccc(NCCc2ccc(F)cc2)nc1)c1ccccc1Cl. The lowest BCUT2D eigenvalue weighted by molar-refractivity contribution is 0.102. The largest absolute Gasteiger partial charge is 0.370 e. The van der Waals surface area contributed by atoms with E-state index < -0.39 is 0 Å². The molecule has 0 unspecified atom stereocenters. The van der Waals surface area contributed by atoms with Crippen LogP contribution in [0.5, 0.6) is 0 Å². The van der Waals surface area contributed by atoms with Gasteiger partial charge in [-0.1, -0.05) is 35.9 Å². The molecule has 3 aromatic rings. The molecule has 0 aliphatic rings. The van der Waals surface area contributed by atoms with Crippen molar-refractivity contribution >= 4 is 29.0 Å². The zero-order valence-corrected chi connectivity index (χ0v) is 14.6. The molecule has 2 aromatic carbocycles. The zero-order chi connectivity index (χ0) is 18.4. The highest BCUT2D eigenvalue weighted by Crippen LogP contribution is 2.17. The number of pyridine rings is 1. The summed E-state index contributed by atoms with van der Waals surface area (Å²) in [7, 11) is 0. The Hall–Kier alpha value is -2.92. The number of carbonyl (C=O) groups is 1. The highest BCUT2D eigenvalue weighted by atomic mass is 35.5. The van der Waals surface area contributed by atoms with Crippen LogP contribution in [0.2, 0.25) is 5.02 Å². The summed E-state index contributed by atoms with van der Waals surface area (Å²) in [6, 6.07) is 16.8. The fraction of sp³-hybridized carbons (Fsp3) is 0.100. The molecule has 1 heterocycles. The highest BCUT2D eigenvalue weighted by molar-refractivity contribution is 6.34. The van der Waals surface area contributed by atoms with Gasteiger partial charge in [0.2, 0.25) is 0 Å². The Bertz CT molecular complexity index is 882. The summed E-state index contributed by atoms with van der Waals surface area (Å²) in [5, 5.41) is 6.35. The first-order valence-corrected chi connectivity index (χ1v) is 8.50. The van der Waals surface area contributed by atoms with E-state index in [0.717, 1.165) is 12.0 Å². The van der Waals surface area contributed by atoms with Gasteiger partial charge in [-0.25, -0.2) is 9.37 Å². The molecule has 0 saturated carbocycles. The first kappa shape index (κ1) is 17.9. The van der Waals surface area contributed by atoms with E-state index in [1.807, 2.05) is 0 Å². The predicted octanol–water partition coefficient (Wildman–Crippen LogP) is 4.78. The van der Waals surface area contributed by atoms with Crippen LogP contribution < -0.4 is 10.6 Å². The van der Waals surface area contributed by atoms with Gasteiger partial charge in [0.15, 0.2) is 0 Å². The van der Waals surface area contributed by atoms with Crippen LogP contribution in [-0.2, 0) is 6.42 Å². The molecular weight excluding hydrogens is 353 g/mol. The average molecular weight is 370 g/mol. The van der Waals surface area contributed by atoms with E-state index in [1.54, 1.807) is 54.7 Å². The van der Waals surface area contributed by atoms with E-state index in [4.69, 9.17) is 11.6 Å². The molecule has 0 aliphatic carbocycles. The monoisotopic (exact) mass is 369 g/mol. The van der Waals surface area contributed by atoms with Gasteiger partial charge in [0.05, 0.1) is 22.5 Å². The Morgan fingerprint density at radius 3 is 2.50 bits per heavy atom. The number of nitrogens with zero attached hydrogens (tertiary/aromatic N) is 1. The molecule has 0 saturated heterocycles. The molecule has 26 heavy (non-hydrogen) atoms. The van der Waals surface area contributed by atoms with Crippen molar-refractivity contribution in [3.8, 4) is 0 Å². The van der Waals surface area contributed by atoms with Gasteiger partial charge in [-0.05, 0) is 48.4 Å². The summed E-state index contributed by atoms with van der Waals surface area (Å²) in [5.41, 5.74) is 2.04. The zero-order valence-electron chi connectivity index (χ0n) is 13.9. The molecule has 1 amide bonds. The topological polar surface area (TPSA) is 54.0 Å². The number of amides is 1. The van der Waals surface area contributed by atoms with Crippen LogP contribution in [0.4, 0.5) is 15.9 Å². The molecule has 4 nitrogen and oxygen atoms in total. The van der Waals surface area contributed by atoms with Crippen molar-refractivity contribution in [2.24, 2.45) is 0 Å². The molecule has 0 bridgehead atoms. The quantitative estimate of drug-likeness (QED) is 0.657. The number of aromatic nitrogens is 1. The van der Waals surface area contributed by atoms with Crippen LogP contribution in [-0.4, -0.2) is 17.4 Å². The van der Waals surface area contributed by atoms with Gasteiger partial charge in [-0.15, -0.1) is 0 Å². The Kier molecular flexibility index (Phi) is 5.81. The first-order valence-electron chi connectivity index (χ1n) is 8.12. The molecule has 2 N–H and O–H groups in total. The minimum atomic E-state index is -0.283. The normalized spacial score (nSPS) is 10.4. The second-order valence-corrected chi connectivity index (χ2v) is 6.08. The summed E-state index contributed by atoms with van der Waals surface area (Å²) >= 11 is 6.02. The molecule has 132 valence electrons. The second-order valence-electron chi connectivity index (χ2n) is 5.67. The Labute approximate surface area is 156 Å². The number of hydrogen-bond donors (Lipinski definition) is 2. The van der Waals surface area contributed by atoms with E-state index in [-0.39, 0.29) is 11.7 Å². The van der Waals surface area contributed by atoms with Gasteiger partial charge in [0.1, 0.15) is 11.6 Å². The lowest BCUT2D eigenvalue weighted by Gasteiger charge is -2.09. The first-order chi connectivity index (χ1) is 12.6. The van der Waals surface area contributed by atoms with Crippen molar-refractivity contribution in [3.63, 3.8) is 0 Å². The van der Waals surface area contributed by atoms with E-state index >= 15 is 0 Å². The summed E-state index contributed by atoms with van der Waals surface area (Å²) in [4.78, 5) is 16.5. The smallest absolute Gasteiger partial charge is 0.257 e. The minimum Gasteiger partial charge on any atom is -0.370 e. The standard InChI is InChI=1S/C20H17ClFN3O/c21-18-4-2-1-3-17(18)20(26)25-16-9-10-19(24-13-16)23-12-11-14-5-7-15(22)8-6-14/h1-10,13H,11-12H2,(H,23,24)(H,25,26). The third-order valence-corrected chi connectivity index (χ3v) is 4.10. The molecule has 0 fully saturated rings. The Morgan fingerprint density at radius 2 is 1.81 bits per heavy atom. The second kappa shape index (κ2) is 8.45. The summed E-state index contributed by atoms with van der Waals surface area (Å²) in [6.07, 6.45) is 2.34. The fourth-order valence-corrected chi connectivity index (χ4v) is 2.62. The number of benzene rings is 2. The van der Waals surface area contributed by atoms with Gasteiger partial charge in [-0.2, -0.15) is 0 Å². The number of carbonyl (C=O) groups excluding carboxylic acids is 1. The van der Waals surface area contributed by atoms with Crippen molar-refractivity contribution in [1.82, 2.24) is 4.98 Å². The predicted molar refractivity (Wildman–Crippen MR) is 102 cm³/mol. The lowest BCUT2D eigenvalue weighted by Crippen LogP contribution is -2.13.